The quantitative estimate of drug-likeness (QED) is 0.125. The van der Waals surface area contributed by atoms with Gasteiger partial charge in [0, 0.05) is 0 Å². The van der Waals surface area contributed by atoms with E-state index in [0.29, 0.717) is 22.3 Å². The van der Waals surface area contributed by atoms with E-state index in [2.05, 4.69) is 29.9 Å². The molecule has 0 aliphatic heterocycles. The number of fused-ring (bicyclic) bond motifs is 2. The van der Waals surface area contributed by atoms with Crippen molar-refractivity contribution in [3.8, 4) is 11.5 Å². The SMILES string of the molecule is C[C@H](Cn1cnc2c(N)ncnc21)OCP(=O)(Oc1ccccc1)OP(=O)(CO[C@H](C)Cn1cnc2c(N)ncnc21)Oc1ccccc1. The molecular weight excluding hydrogens is 674 g/mol. The van der Waals surface area contributed by atoms with Crippen LogP contribution in [0.5, 0.6) is 11.5 Å². The minimum atomic E-state index is -4.36. The Morgan fingerprint density at radius 1 is 0.633 bits per heavy atom. The number of para-hydroxylation sites is 2. The van der Waals surface area contributed by atoms with E-state index in [1.165, 1.54) is 12.7 Å². The normalized spacial score (nSPS) is 15.4. The van der Waals surface area contributed by atoms with Crippen molar-refractivity contribution in [2.24, 2.45) is 0 Å². The second kappa shape index (κ2) is 14.7. The van der Waals surface area contributed by atoms with E-state index in [4.69, 9.17) is 34.3 Å². The molecule has 2 aromatic carbocycles. The third-order valence-corrected chi connectivity index (χ3v) is 10.9. The highest BCUT2D eigenvalue weighted by Gasteiger charge is 2.41. The average Bonchev–Trinajstić information content (AvgIpc) is 3.69. The first kappa shape index (κ1) is 34.0. The molecule has 2 unspecified atom stereocenters. The van der Waals surface area contributed by atoms with E-state index >= 15 is 0 Å². The Morgan fingerprint density at radius 3 is 1.45 bits per heavy atom. The molecular formula is C30H34N10O7P2. The van der Waals surface area contributed by atoms with Crippen LogP contribution in [0.4, 0.5) is 11.6 Å². The third kappa shape index (κ3) is 8.39. The molecule has 256 valence electrons. The molecule has 19 heteroatoms. The molecule has 0 bridgehead atoms. The predicted octanol–water partition coefficient (Wildman–Crippen LogP) is 5.12. The number of hydrogen-bond acceptors (Lipinski definition) is 15. The molecule has 0 saturated carbocycles. The molecule has 6 aromatic rings. The van der Waals surface area contributed by atoms with Gasteiger partial charge in [0.1, 0.15) is 35.2 Å². The van der Waals surface area contributed by atoms with Gasteiger partial charge in [0.2, 0.25) is 0 Å². The minimum Gasteiger partial charge on any atom is -0.423 e. The van der Waals surface area contributed by atoms with Crippen LogP contribution in [-0.4, -0.2) is 63.9 Å². The lowest BCUT2D eigenvalue weighted by Crippen LogP contribution is -2.20. The Balaban J connectivity index is 1.20. The number of anilines is 2. The number of nitrogen functional groups attached to an aromatic ring is 2. The number of nitrogens with two attached hydrogens (primary N) is 2. The fourth-order valence-electron chi connectivity index (χ4n) is 4.77. The molecule has 4 aromatic heterocycles. The summed E-state index contributed by atoms with van der Waals surface area (Å²) < 4.78 is 62.0. The summed E-state index contributed by atoms with van der Waals surface area (Å²) >= 11 is 0. The van der Waals surface area contributed by atoms with Crippen LogP contribution in [0.15, 0.2) is 86.0 Å². The maximum absolute atomic E-state index is 14.5. The van der Waals surface area contributed by atoms with Gasteiger partial charge in [-0.3, -0.25) is 0 Å². The first-order valence-corrected chi connectivity index (χ1v) is 18.5. The molecule has 0 amide bonds. The van der Waals surface area contributed by atoms with Crippen molar-refractivity contribution >= 4 is 49.2 Å². The van der Waals surface area contributed by atoms with Gasteiger partial charge in [-0.15, -0.1) is 0 Å². The van der Waals surface area contributed by atoms with Crippen molar-refractivity contribution in [2.75, 3.05) is 24.2 Å². The van der Waals surface area contributed by atoms with Crippen molar-refractivity contribution < 1.29 is 32.0 Å². The van der Waals surface area contributed by atoms with Crippen LogP contribution in [0.3, 0.4) is 0 Å². The van der Waals surface area contributed by atoms with E-state index in [1.54, 1.807) is 96.3 Å². The molecule has 0 spiro atoms. The van der Waals surface area contributed by atoms with E-state index in [-0.39, 0.29) is 36.2 Å². The molecule has 4 atom stereocenters. The summed E-state index contributed by atoms with van der Waals surface area (Å²) in [7, 11) is -8.72. The lowest BCUT2D eigenvalue weighted by molar-refractivity contribution is 0.0708. The average molecular weight is 709 g/mol. The van der Waals surface area contributed by atoms with E-state index in [1.807, 2.05) is 0 Å². The standard InChI is InChI=1S/C30H34N10O7P2/c1-21(13-39-17-37-25-27(31)33-15-35-29(25)39)43-19-48(41,45-23-9-5-3-6-10-23)47-49(42,46-24-11-7-4-8-12-24)20-44-22(2)14-40-18-38-26-28(32)34-16-36-30(26)40/h3-12,15-18,21-22H,13-14,19-20H2,1-2H3,(H2,31,33,35)(H2,32,34,36)/t21-,22-,48?,49?/m1/s1. The number of imidazole rings is 2. The number of rotatable bonds is 16. The first-order valence-electron chi connectivity index (χ1n) is 15.0. The van der Waals surface area contributed by atoms with Crippen LogP contribution in [-0.2, 0) is 36.0 Å². The number of hydrogen-bond donors (Lipinski definition) is 2. The number of aromatic nitrogens is 8. The fourth-order valence-corrected chi connectivity index (χ4v) is 8.79. The van der Waals surface area contributed by atoms with E-state index in [0.717, 1.165) is 0 Å². The van der Waals surface area contributed by atoms with Crippen LogP contribution < -0.4 is 20.5 Å². The minimum absolute atomic E-state index is 0.212. The van der Waals surface area contributed by atoms with Crippen molar-refractivity contribution in [2.45, 2.75) is 39.1 Å². The molecule has 0 fully saturated rings. The van der Waals surface area contributed by atoms with Gasteiger partial charge in [-0.25, -0.2) is 43.3 Å². The molecule has 17 nitrogen and oxygen atoms in total. The zero-order valence-corrected chi connectivity index (χ0v) is 28.3. The summed E-state index contributed by atoms with van der Waals surface area (Å²) in [5, 5.41) is 0. The monoisotopic (exact) mass is 708 g/mol. The van der Waals surface area contributed by atoms with E-state index in [9.17, 15) is 9.13 Å². The summed E-state index contributed by atoms with van der Waals surface area (Å²) in [6, 6.07) is 16.7. The van der Waals surface area contributed by atoms with Gasteiger partial charge in [-0.1, -0.05) is 36.4 Å². The Kier molecular flexibility index (Phi) is 10.2. The topological polar surface area (TPSA) is 220 Å². The summed E-state index contributed by atoms with van der Waals surface area (Å²) in [6.45, 7) is 4.03. The van der Waals surface area contributed by atoms with Crippen molar-refractivity contribution in [3.05, 3.63) is 86.0 Å². The molecule has 0 aliphatic carbocycles. The second-order valence-electron chi connectivity index (χ2n) is 11.0. The highest BCUT2D eigenvalue weighted by Crippen LogP contribution is 2.64. The summed E-state index contributed by atoms with van der Waals surface area (Å²) in [6.07, 6.45) is 3.52. The molecule has 6 rings (SSSR count). The maximum atomic E-state index is 14.5. The van der Waals surface area contributed by atoms with Gasteiger partial charge < -0.3 is 39.1 Å². The van der Waals surface area contributed by atoms with Crippen molar-refractivity contribution in [3.63, 3.8) is 0 Å². The number of ether oxygens (including phenoxy) is 2. The fraction of sp³-hybridized carbons (Fsp3) is 0.267. The van der Waals surface area contributed by atoms with Gasteiger partial charge in [0.05, 0.1) is 38.0 Å². The largest absolute Gasteiger partial charge is 0.423 e. The van der Waals surface area contributed by atoms with Crippen LogP contribution >= 0.6 is 15.2 Å². The van der Waals surface area contributed by atoms with Crippen LogP contribution in [0.2, 0.25) is 0 Å². The molecule has 0 aliphatic rings. The van der Waals surface area contributed by atoms with Crippen LogP contribution in [0.1, 0.15) is 13.8 Å². The van der Waals surface area contributed by atoms with Gasteiger partial charge in [0.25, 0.3) is 0 Å². The summed E-state index contributed by atoms with van der Waals surface area (Å²) in [5.41, 5.74) is 13.7. The third-order valence-electron chi connectivity index (χ3n) is 7.03. The molecule has 4 N–H and O–H groups in total. The van der Waals surface area contributed by atoms with E-state index < -0.39 is 40.1 Å². The molecule has 0 saturated heterocycles. The van der Waals surface area contributed by atoms with Gasteiger partial charge in [-0.05, 0) is 38.1 Å². The second-order valence-corrected chi connectivity index (χ2v) is 15.0. The number of benzene rings is 2. The van der Waals surface area contributed by atoms with Gasteiger partial charge in [-0.2, -0.15) is 0 Å². The lowest BCUT2D eigenvalue weighted by Gasteiger charge is -2.27. The maximum Gasteiger partial charge on any atom is 0.412 e. The Labute approximate surface area is 280 Å². The molecule has 0 radical (unpaired) electrons. The van der Waals surface area contributed by atoms with Crippen LogP contribution in [0, 0.1) is 0 Å². The molecule has 49 heavy (non-hydrogen) atoms. The van der Waals surface area contributed by atoms with Crippen molar-refractivity contribution in [1.29, 1.82) is 0 Å². The Bertz CT molecular complexity index is 1970. The van der Waals surface area contributed by atoms with Crippen LogP contribution in [0.25, 0.3) is 22.3 Å². The summed E-state index contributed by atoms with van der Waals surface area (Å²) in [5.74, 6) is 0.913. The first-order chi connectivity index (χ1) is 23.6. The van der Waals surface area contributed by atoms with Gasteiger partial charge >= 0.3 is 15.2 Å². The Morgan fingerprint density at radius 2 is 1.04 bits per heavy atom. The predicted molar refractivity (Wildman–Crippen MR) is 181 cm³/mol. The highest BCUT2D eigenvalue weighted by atomic mass is 31.3. The van der Waals surface area contributed by atoms with Crippen molar-refractivity contribution in [1.82, 2.24) is 39.0 Å². The molecule has 4 heterocycles. The Hall–Kier alpha value is -4.92. The zero-order valence-electron chi connectivity index (χ0n) is 26.6. The summed E-state index contributed by atoms with van der Waals surface area (Å²) in [4.78, 5) is 25.0. The highest BCUT2D eigenvalue weighted by molar-refractivity contribution is 7.67. The lowest BCUT2D eigenvalue weighted by atomic mass is 10.3. The zero-order chi connectivity index (χ0) is 34.4. The number of nitrogens with zero attached hydrogens (tertiary/aromatic N) is 8. The smallest absolute Gasteiger partial charge is 0.412 e. The van der Waals surface area contributed by atoms with Gasteiger partial charge in [0.15, 0.2) is 35.6 Å².